The van der Waals surface area contributed by atoms with Gasteiger partial charge in [-0.1, -0.05) is 43.4 Å². The van der Waals surface area contributed by atoms with Crippen LogP contribution in [0.1, 0.15) is 59.9 Å². The van der Waals surface area contributed by atoms with E-state index in [0.717, 1.165) is 17.9 Å². The predicted octanol–water partition coefficient (Wildman–Crippen LogP) is 6.50. The van der Waals surface area contributed by atoms with E-state index < -0.39 is 17.3 Å². The van der Waals surface area contributed by atoms with Crippen molar-refractivity contribution >= 4 is 34.8 Å². The summed E-state index contributed by atoms with van der Waals surface area (Å²) in [7, 11) is 0. The fraction of sp³-hybridized carbons (Fsp3) is 0.452. The number of allylic oxidation sites excluding steroid dienone is 1. The third-order valence-corrected chi connectivity index (χ3v) is 7.17. The molecule has 0 saturated carbocycles. The number of imide groups is 1. The van der Waals surface area contributed by atoms with E-state index in [0.29, 0.717) is 30.1 Å². The number of ether oxygens (including phenoxy) is 1. The lowest BCUT2D eigenvalue weighted by atomic mass is 9.76. The minimum Gasteiger partial charge on any atom is -0.491 e. The molecule has 3 amide bonds. The molecule has 2 atom stereocenters. The first-order valence-corrected chi connectivity index (χ1v) is 14.1. The lowest BCUT2D eigenvalue weighted by Crippen LogP contribution is -2.54. The van der Waals surface area contributed by atoms with Crippen LogP contribution < -0.4 is 15.4 Å². The summed E-state index contributed by atoms with van der Waals surface area (Å²) in [5.74, 6) is 0.0952. The number of nitrogens with one attached hydrogen (secondary N) is 2. The number of halogens is 1. The highest BCUT2D eigenvalue weighted by molar-refractivity contribution is 7.80. The van der Waals surface area contributed by atoms with Crippen molar-refractivity contribution in [2.75, 3.05) is 18.4 Å². The Morgan fingerprint density at radius 2 is 1.98 bits per heavy atom. The van der Waals surface area contributed by atoms with Gasteiger partial charge in [-0.15, -0.1) is 0 Å². The second-order valence-electron chi connectivity index (χ2n) is 11.0. The van der Waals surface area contributed by atoms with Gasteiger partial charge in [-0.05, 0) is 89.9 Å². The molecule has 0 unspecified atom stereocenters. The summed E-state index contributed by atoms with van der Waals surface area (Å²) in [6.45, 7) is 13.1. The van der Waals surface area contributed by atoms with Crippen LogP contribution in [0.3, 0.4) is 0 Å². The van der Waals surface area contributed by atoms with Crippen LogP contribution >= 0.6 is 12.2 Å². The molecule has 9 heteroatoms. The van der Waals surface area contributed by atoms with Crippen molar-refractivity contribution in [1.82, 2.24) is 15.1 Å². The SMILES string of the molecule is C/C=C(/CN(C(=O)Nc1cccc(F)c1)C(=O)[C@@]1(C)CCN(Cc2cccc(OC(C)C)c2)[C@@H](C)C1)NC(C)=S. The average Bonchev–Trinajstić information content (AvgIpc) is 2.87. The van der Waals surface area contributed by atoms with Crippen LogP contribution in [0.15, 0.2) is 60.3 Å². The Morgan fingerprint density at radius 3 is 2.60 bits per heavy atom. The van der Waals surface area contributed by atoms with Gasteiger partial charge in [0.2, 0.25) is 5.91 Å². The first-order valence-electron chi connectivity index (χ1n) is 13.7. The minimum atomic E-state index is -0.761. The second-order valence-corrected chi connectivity index (χ2v) is 11.6. The van der Waals surface area contributed by atoms with Crippen molar-refractivity contribution < 1.29 is 18.7 Å². The number of rotatable bonds is 9. The third kappa shape index (κ3) is 8.60. The lowest BCUT2D eigenvalue weighted by Gasteiger charge is -2.44. The molecule has 7 nitrogen and oxygen atoms in total. The number of anilines is 1. The number of benzene rings is 2. The van der Waals surface area contributed by atoms with Crippen molar-refractivity contribution in [1.29, 1.82) is 0 Å². The van der Waals surface area contributed by atoms with Crippen LogP contribution in [-0.4, -0.2) is 52.0 Å². The average molecular weight is 569 g/mol. The number of amides is 3. The predicted molar refractivity (Wildman–Crippen MR) is 162 cm³/mol. The maximum Gasteiger partial charge on any atom is 0.328 e. The number of urea groups is 1. The molecule has 1 fully saturated rings. The standard InChI is InChI=1S/C31H41FN4O3S/c1-7-26(33-23(5)40)20-36(30(38)34-27-12-9-11-25(32)17-27)29(37)31(6)14-15-35(22(4)18-31)19-24-10-8-13-28(16-24)39-21(2)3/h7-13,16-17,21-22H,14-15,18-20H2,1-6H3,(H,33,40)(H,34,38)/b26-7-/t22-,31-/m0/s1. The smallest absolute Gasteiger partial charge is 0.328 e. The number of nitrogens with zero attached hydrogens (tertiary/aromatic N) is 2. The van der Waals surface area contributed by atoms with Gasteiger partial charge in [0, 0.05) is 29.4 Å². The summed E-state index contributed by atoms with van der Waals surface area (Å²) in [5, 5.41) is 5.75. The first kappa shape index (κ1) is 31.2. The number of likely N-dealkylation sites (tertiary alicyclic amines) is 1. The molecule has 1 aliphatic heterocycles. The fourth-order valence-electron chi connectivity index (χ4n) is 5.07. The molecule has 0 aromatic heterocycles. The molecule has 1 saturated heterocycles. The summed E-state index contributed by atoms with van der Waals surface area (Å²) < 4.78 is 19.6. The lowest BCUT2D eigenvalue weighted by molar-refractivity contribution is -0.141. The largest absolute Gasteiger partial charge is 0.491 e. The maximum atomic E-state index is 14.1. The summed E-state index contributed by atoms with van der Waals surface area (Å²) in [6, 6.07) is 13.2. The van der Waals surface area contributed by atoms with Gasteiger partial charge in [-0.2, -0.15) is 0 Å². The van der Waals surface area contributed by atoms with Crippen LogP contribution in [0, 0.1) is 11.2 Å². The van der Waals surface area contributed by atoms with E-state index in [-0.39, 0.29) is 30.3 Å². The van der Waals surface area contributed by atoms with Crippen molar-refractivity contribution in [3.63, 3.8) is 0 Å². The van der Waals surface area contributed by atoms with Gasteiger partial charge in [0.1, 0.15) is 11.6 Å². The highest BCUT2D eigenvalue weighted by atomic mass is 32.1. The first-order chi connectivity index (χ1) is 18.9. The molecule has 1 heterocycles. The summed E-state index contributed by atoms with van der Waals surface area (Å²) >= 11 is 5.19. The van der Waals surface area contributed by atoms with Gasteiger partial charge in [-0.3, -0.25) is 14.6 Å². The van der Waals surface area contributed by atoms with Gasteiger partial charge >= 0.3 is 6.03 Å². The molecule has 0 spiro atoms. The van der Waals surface area contributed by atoms with Crippen LogP contribution in [0.2, 0.25) is 0 Å². The molecule has 2 aromatic rings. The number of carbonyl (C=O) groups excluding carboxylic acids is 2. The molecule has 0 aliphatic carbocycles. The summed E-state index contributed by atoms with van der Waals surface area (Å²) in [4.78, 5) is 31.6. The van der Waals surface area contributed by atoms with Crippen molar-refractivity contribution in [3.05, 3.63) is 71.7 Å². The zero-order valence-electron chi connectivity index (χ0n) is 24.3. The molecule has 216 valence electrons. The van der Waals surface area contributed by atoms with Gasteiger partial charge in [0.15, 0.2) is 0 Å². The van der Waals surface area contributed by atoms with Crippen LogP contribution in [0.25, 0.3) is 0 Å². The molecule has 2 aromatic carbocycles. The zero-order chi connectivity index (χ0) is 29.4. The molecular formula is C31H41FN4O3S. The maximum absolute atomic E-state index is 14.1. The molecule has 0 radical (unpaired) electrons. The number of hydrogen-bond donors (Lipinski definition) is 2. The molecule has 3 rings (SSSR count). The molecular weight excluding hydrogens is 527 g/mol. The third-order valence-electron chi connectivity index (χ3n) is 7.07. The number of piperidine rings is 1. The van der Waals surface area contributed by atoms with E-state index in [1.54, 1.807) is 19.1 Å². The minimum absolute atomic E-state index is 0.0147. The quantitative estimate of drug-likeness (QED) is 0.336. The Morgan fingerprint density at radius 1 is 1.25 bits per heavy atom. The van der Waals surface area contributed by atoms with Gasteiger partial charge in [0.05, 0.1) is 17.6 Å². The molecule has 1 aliphatic rings. The number of carbonyl (C=O) groups is 2. The Kier molecular flexibility index (Phi) is 10.8. The highest BCUT2D eigenvalue weighted by Gasteiger charge is 2.44. The zero-order valence-corrected chi connectivity index (χ0v) is 25.1. The molecule has 40 heavy (non-hydrogen) atoms. The van der Waals surface area contributed by atoms with Crippen LogP contribution in [0.5, 0.6) is 5.75 Å². The van der Waals surface area contributed by atoms with E-state index in [1.165, 1.54) is 23.1 Å². The number of hydrogen-bond acceptors (Lipinski definition) is 5. The van der Waals surface area contributed by atoms with Crippen molar-refractivity contribution in [2.24, 2.45) is 5.41 Å². The van der Waals surface area contributed by atoms with Crippen LogP contribution in [0.4, 0.5) is 14.9 Å². The Bertz CT molecular complexity index is 1250. The van der Waals surface area contributed by atoms with Crippen molar-refractivity contribution in [2.45, 2.75) is 73.1 Å². The second kappa shape index (κ2) is 13.9. The van der Waals surface area contributed by atoms with Gasteiger partial charge in [-0.25, -0.2) is 9.18 Å². The van der Waals surface area contributed by atoms with E-state index >= 15 is 0 Å². The van der Waals surface area contributed by atoms with E-state index in [2.05, 4.69) is 34.6 Å². The van der Waals surface area contributed by atoms with E-state index in [1.807, 2.05) is 39.8 Å². The fourth-order valence-corrected chi connectivity index (χ4v) is 5.20. The van der Waals surface area contributed by atoms with Gasteiger partial charge < -0.3 is 15.4 Å². The Hall–Kier alpha value is -3.30. The van der Waals surface area contributed by atoms with E-state index in [4.69, 9.17) is 17.0 Å². The molecule has 2 N–H and O–H groups in total. The Labute approximate surface area is 242 Å². The topological polar surface area (TPSA) is 73.9 Å². The number of thiocarbonyl (C=S) groups is 1. The van der Waals surface area contributed by atoms with Crippen molar-refractivity contribution in [3.8, 4) is 5.75 Å². The van der Waals surface area contributed by atoms with Crippen LogP contribution in [-0.2, 0) is 11.3 Å². The monoisotopic (exact) mass is 568 g/mol. The molecule has 0 bridgehead atoms. The summed E-state index contributed by atoms with van der Waals surface area (Å²) in [5.41, 5.74) is 1.30. The van der Waals surface area contributed by atoms with Gasteiger partial charge in [0.25, 0.3) is 0 Å². The Balaban J connectivity index is 1.78. The summed E-state index contributed by atoms with van der Waals surface area (Å²) in [6.07, 6.45) is 3.06. The normalized spacial score (nSPS) is 19.7. The van der Waals surface area contributed by atoms with E-state index in [9.17, 15) is 14.0 Å². The highest BCUT2D eigenvalue weighted by Crippen LogP contribution is 2.37.